The lowest BCUT2D eigenvalue weighted by molar-refractivity contribution is 0.199. The van der Waals surface area contributed by atoms with Crippen LogP contribution in [0.25, 0.3) is 11.1 Å². The van der Waals surface area contributed by atoms with Crippen LogP contribution in [0.4, 0.5) is 0 Å². The Morgan fingerprint density at radius 2 is 1.04 bits per heavy atom. The van der Waals surface area contributed by atoms with E-state index in [1.54, 1.807) is 0 Å². The van der Waals surface area contributed by atoms with Gasteiger partial charge in [0.15, 0.2) is 0 Å². The van der Waals surface area contributed by atoms with E-state index in [0.29, 0.717) is 0 Å². The number of nitrogens with one attached hydrogen (secondary N) is 2. The number of carbonyl (C=O) groups excluding carboxylic acids is 2. The smallest absolute Gasteiger partial charge is 0.124 e. The maximum atomic E-state index is 12.7. The summed E-state index contributed by atoms with van der Waals surface area (Å²) >= 11 is 0. The van der Waals surface area contributed by atoms with Crippen molar-refractivity contribution in [1.82, 2.24) is 29.7 Å². The molecule has 240 valence electrons. The second kappa shape index (κ2) is 10.6. The molecule has 3 unspecified atom stereocenters. The zero-order chi connectivity index (χ0) is 32.0. The molecule has 2 radical (unpaired) electrons. The van der Waals surface area contributed by atoms with E-state index in [2.05, 4.69) is 80.2 Å². The molecule has 2 aromatic carbocycles. The molecule has 6 heterocycles. The molecule has 4 aromatic rings. The van der Waals surface area contributed by atoms with E-state index in [1.165, 1.54) is 12.1 Å². The van der Waals surface area contributed by atoms with Gasteiger partial charge in [0.25, 0.3) is 0 Å². The van der Waals surface area contributed by atoms with Gasteiger partial charge in [-0.15, -0.1) is 0 Å². The van der Waals surface area contributed by atoms with E-state index in [9.17, 15) is 9.59 Å². The zero-order valence-corrected chi connectivity index (χ0v) is 27.0. The predicted molar refractivity (Wildman–Crippen MR) is 181 cm³/mol. The van der Waals surface area contributed by atoms with Crippen LogP contribution in [0.1, 0.15) is 110 Å². The average Bonchev–Trinajstić information content (AvgIpc) is 3.96. The minimum absolute atomic E-state index is 0.244. The van der Waals surface area contributed by atoms with Crippen LogP contribution in [-0.4, -0.2) is 54.7 Å². The molecule has 2 N–H and O–H groups in total. The highest BCUT2D eigenvalue weighted by Crippen LogP contribution is 2.59. The monoisotopic (exact) mass is 634 g/mol. The molecule has 0 amide bonds. The van der Waals surface area contributed by atoms with Gasteiger partial charge in [-0.25, -0.2) is 19.6 Å². The number of nitrogens with zero attached hydrogens (tertiary/aromatic N) is 4. The molecular weight excluding hydrogens is 596 g/mol. The molecule has 8 nitrogen and oxygen atoms in total. The Balaban J connectivity index is 1.05. The maximum absolute atomic E-state index is 12.7. The van der Waals surface area contributed by atoms with Gasteiger partial charge in [0, 0.05) is 23.5 Å². The summed E-state index contributed by atoms with van der Waals surface area (Å²) in [5.41, 5.74) is 6.64. The van der Waals surface area contributed by atoms with Crippen molar-refractivity contribution in [2.75, 3.05) is 13.1 Å². The highest BCUT2D eigenvalue weighted by Gasteiger charge is 2.57. The Morgan fingerprint density at radius 1 is 0.604 bits per heavy atom. The van der Waals surface area contributed by atoms with Gasteiger partial charge in [0.2, 0.25) is 0 Å². The summed E-state index contributed by atoms with van der Waals surface area (Å²) in [5, 5.41) is 0. The summed E-state index contributed by atoms with van der Waals surface area (Å²) in [6.07, 6.45) is 13.6. The van der Waals surface area contributed by atoms with Crippen molar-refractivity contribution < 1.29 is 9.59 Å². The predicted octanol–water partition coefficient (Wildman–Crippen LogP) is 6.62. The van der Waals surface area contributed by atoms with Crippen LogP contribution in [-0.2, 0) is 20.4 Å². The number of aromatic amines is 2. The fourth-order valence-corrected chi connectivity index (χ4v) is 10.5. The third-order valence-electron chi connectivity index (χ3n) is 12.5. The van der Waals surface area contributed by atoms with Crippen molar-refractivity contribution in [2.24, 2.45) is 0 Å². The Hall–Kier alpha value is -4.32. The number of H-pyrrole nitrogens is 2. The molecule has 2 saturated heterocycles. The van der Waals surface area contributed by atoms with Crippen LogP contribution in [0.5, 0.6) is 0 Å². The minimum Gasteiger partial charge on any atom is -0.343 e. The van der Waals surface area contributed by atoms with Crippen LogP contribution in [0.3, 0.4) is 0 Å². The molecule has 4 aliphatic heterocycles. The molecule has 4 atom stereocenters. The molecule has 10 rings (SSSR count). The summed E-state index contributed by atoms with van der Waals surface area (Å²) in [5.74, 6) is 6.84. The second-order valence-corrected chi connectivity index (χ2v) is 14.5. The molecule has 8 heteroatoms. The van der Waals surface area contributed by atoms with E-state index >= 15 is 0 Å². The van der Waals surface area contributed by atoms with Crippen molar-refractivity contribution in [2.45, 2.75) is 87.1 Å². The number of hydrogen-bond donors (Lipinski definition) is 2. The summed E-state index contributed by atoms with van der Waals surface area (Å²) in [6, 6.07) is 20.7. The third kappa shape index (κ3) is 3.64. The van der Waals surface area contributed by atoms with E-state index < -0.39 is 10.8 Å². The topological polar surface area (TPSA) is 98.0 Å². The number of benzene rings is 2. The van der Waals surface area contributed by atoms with E-state index in [1.807, 2.05) is 12.4 Å². The SMILES string of the molecule is O=C=C1CCC[C]2N3CCCC3c3ncc([nH]3)C21c1ccc(-c2ccc([C@@]34[C](CCCC3=C=O)N3CCCC3c3ncc4[nH]3)cc2)cc1. The van der Waals surface area contributed by atoms with Crippen molar-refractivity contribution in [1.29, 1.82) is 0 Å². The van der Waals surface area contributed by atoms with E-state index in [-0.39, 0.29) is 12.1 Å². The quantitative estimate of drug-likeness (QED) is 0.246. The van der Waals surface area contributed by atoms with Crippen molar-refractivity contribution in [3.05, 3.63) is 118 Å². The number of aromatic nitrogens is 4. The van der Waals surface area contributed by atoms with Crippen LogP contribution < -0.4 is 0 Å². The first-order valence-corrected chi connectivity index (χ1v) is 17.7. The van der Waals surface area contributed by atoms with Gasteiger partial charge in [0.05, 0.1) is 46.4 Å². The second-order valence-electron chi connectivity index (χ2n) is 14.5. The maximum Gasteiger partial charge on any atom is 0.124 e. The molecule has 2 saturated carbocycles. The molecule has 4 bridgehead atoms. The Kier molecular flexibility index (Phi) is 6.32. The Bertz CT molecular complexity index is 1870. The van der Waals surface area contributed by atoms with Crippen LogP contribution in [0, 0.1) is 12.1 Å². The molecule has 6 aliphatic rings. The normalized spacial score (nSPS) is 30.1. The van der Waals surface area contributed by atoms with Crippen molar-refractivity contribution in [3.63, 3.8) is 0 Å². The van der Waals surface area contributed by atoms with Crippen LogP contribution in [0.2, 0.25) is 0 Å². The standard InChI is InChI=1S/C40H38N6O2/c47-23-29-5-1-9-35-39(29,33-21-41-37(43-33)31-7-3-19-45(31)35)27-15-11-25(12-16-27)26-13-17-28(18-14-26)40-30(24-48)6-2-10-36(40)46-20-4-8-32(46)38-42-22-34(40)44-38/h11-18,21-22,31-32H,1-10,19-20H2,(H,41,43)(H,42,44)/t31?,32?,39-,40?/m1/s1. The molecular formula is C40H38N6O2. The first kappa shape index (κ1) is 28.7. The molecule has 0 spiro atoms. The molecule has 48 heavy (non-hydrogen) atoms. The summed E-state index contributed by atoms with van der Waals surface area (Å²) < 4.78 is 0. The molecule has 4 fully saturated rings. The minimum atomic E-state index is -0.660. The summed E-state index contributed by atoms with van der Waals surface area (Å²) in [7, 11) is 0. The highest BCUT2D eigenvalue weighted by atomic mass is 16.1. The van der Waals surface area contributed by atoms with E-state index in [0.717, 1.165) is 134 Å². The fourth-order valence-electron chi connectivity index (χ4n) is 10.5. The van der Waals surface area contributed by atoms with Crippen LogP contribution in [0.15, 0.2) is 72.1 Å². The number of hydrogen-bond acceptors (Lipinski definition) is 6. The van der Waals surface area contributed by atoms with Gasteiger partial charge in [0.1, 0.15) is 23.5 Å². The number of rotatable bonds is 3. The van der Waals surface area contributed by atoms with Gasteiger partial charge in [-0.1, -0.05) is 48.5 Å². The van der Waals surface area contributed by atoms with Crippen LogP contribution >= 0.6 is 0 Å². The first-order valence-electron chi connectivity index (χ1n) is 17.7. The largest absolute Gasteiger partial charge is 0.343 e. The lowest BCUT2D eigenvalue weighted by atomic mass is 9.61. The molecule has 2 aliphatic carbocycles. The molecule has 2 aromatic heterocycles. The number of imidazole rings is 2. The number of fused-ring (bicyclic) bond motifs is 14. The Labute approximate surface area is 280 Å². The Morgan fingerprint density at radius 3 is 1.46 bits per heavy atom. The van der Waals surface area contributed by atoms with Crippen molar-refractivity contribution in [3.8, 4) is 11.1 Å². The average molecular weight is 635 g/mol. The van der Waals surface area contributed by atoms with Gasteiger partial charge < -0.3 is 9.97 Å². The lowest BCUT2D eigenvalue weighted by Gasteiger charge is -2.48. The highest BCUT2D eigenvalue weighted by molar-refractivity contribution is 5.72. The lowest BCUT2D eigenvalue weighted by Crippen LogP contribution is -2.48. The fraction of sp³-hybridized carbons (Fsp3) is 0.400. The first-order chi connectivity index (χ1) is 23.7. The van der Waals surface area contributed by atoms with Gasteiger partial charge in [-0.3, -0.25) is 9.80 Å². The summed E-state index contributed by atoms with van der Waals surface area (Å²) in [6.45, 7) is 1.98. The van der Waals surface area contributed by atoms with Gasteiger partial charge >= 0.3 is 0 Å². The van der Waals surface area contributed by atoms with Gasteiger partial charge in [-0.2, -0.15) is 0 Å². The van der Waals surface area contributed by atoms with Crippen molar-refractivity contribution >= 4 is 11.9 Å². The van der Waals surface area contributed by atoms with Gasteiger partial charge in [-0.05, 0) is 99.6 Å². The third-order valence-corrected chi connectivity index (χ3v) is 12.5. The summed E-state index contributed by atoms with van der Waals surface area (Å²) in [4.78, 5) is 47.4. The zero-order valence-electron chi connectivity index (χ0n) is 27.0. The van der Waals surface area contributed by atoms with E-state index in [4.69, 9.17) is 9.97 Å².